The van der Waals surface area contributed by atoms with E-state index in [-0.39, 0.29) is 24.8 Å². The summed E-state index contributed by atoms with van der Waals surface area (Å²) in [6, 6.07) is 23.9. The van der Waals surface area contributed by atoms with Gasteiger partial charge in [0, 0.05) is 36.5 Å². The second-order valence-electron chi connectivity index (χ2n) is 7.56. The van der Waals surface area contributed by atoms with Gasteiger partial charge in [-0.2, -0.15) is 0 Å². The van der Waals surface area contributed by atoms with Crippen LogP contribution in [0.2, 0.25) is 10.0 Å². The molecule has 0 saturated heterocycles. The fourth-order valence-corrected chi connectivity index (χ4v) is 4.08. The smallest absolute Gasteiger partial charge is 0.242 e. The van der Waals surface area contributed by atoms with Gasteiger partial charge in [-0.25, -0.2) is 0 Å². The molecule has 0 aromatic heterocycles. The molecule has 2 amide bonds. The van der Waals surface area contributed by atoms with Crippen molar-refractivity contribution in [3.63, 3.8) is 0 Å². The highest BCUT2D eigenvalue weighted by Crippen LogP contribution is 2.21. The number of aryl methyl sites for hydroxylation is 1. The van der Waals surface area contributed by atoms with E-state index in [0.29, 0.717) is 22.9 Å². The number of carbonyl (C=O) groups is 2. The molecule has 6 heteroatoms. The Labute approximate surface area is 199 Å². The van der Waals surface area contributed by atoms with Crippen molar-refractivity contribution in [3.05, 3.63) is 106 Å². The second kappa shape index (κ2) is 11.7. The van der Waals surface area contributed by atoms with Gasteiger partial charge in [0.25, 0.3) is 0 Å². The van der Waals surface area contributed by atoms with Crippen LogP contribution < -0.4 is 5.32 Å². The molecule has 0 radical (unpaired) electrons. The first-order valence-electron chi connectivity index (χ1n) is 10.5. The van der Waals surface area contributed by atoms with E-state index < -0.39 is 6.04 Å². The zero-order valence-electron chi connectivity index (χ0n) is 17.9. The molecular weight excluding hydrogens is 443 g/mol. The number of benzene rings is 3. The number of halogens is 2. The predicted octanol–water partition coefficient (Wildman–Crippen LogP) is 5.31. The van der Waals surface area contributed by atoms with Crippen LogP contribution in [0.3, 0.4) is 0 Å². The first kappa shape index (κ1) is 23.8. The van der Waals surface area contributed by atoms with E-state index in [1.807, 2.05) is 72.8 Å². The van der Waals surface area contributed by atoms with Crippen molar-refractivity contribution in [2.45, 2.75) is 31.8 Å². The van der Waals surface area contributed by atoms with Crippen LogP contribution >= 0.6 is 23.2 Å². The Hall–Kier alpha value is -2.82. The Morgan fingerprint density at radius 2 is 1.59 bits per heavy atom. The number of nitrogens with zero attached hydrogens (tertiary/aromatic N) is 1. The molecule has 32 heavy (non-hydrogen) atoms. The van der Waals surface area contributed by atoms with E-state index in [9.17, 15) is 9.59 Å². The molecule has 0 spiro atoms. The summed E-state index contributed by atoms with van der Waals surface area (Å²) in [5.74, 6) is -0.323. The fourth-order valence-electron chi connectivity index (χ4n) is 3.64. The third-order valence-corrected chi connectivity index (χ3v) is 5.93. The van der Waals surface area contributed by atoms with Crippen LogP contribution in [-0.4, -0.2) is 29.8 Å². The van der Waals surface area contributed by atoms with Crippen LogP contribution in [0.5, 0.6) is 0 Å². The minimum Gasteiger partial charge on any atom is -0.357 e. The molecule has 4 nitrogen and oxygen atoms in total. The maximum atomic E-state index is 13.4. The van der Waals surface area contributed by atoms with E-state index in [0.717, 1.165) is 16.7 Å². The Morgan fingerprint density at radius 1 is 0.906 bits per heavy atom. The second-order valence-corrected chi connectivity index (χ2v) is 8.41. The van der Waals surface area contributed by atoms with Crippen molar-refractivity contribution in [3.8, 4) is 0 Å². The Balaban J connectivity index is 1.88. The summed E-state index contributed by atoms with van der Waals surface area (Å²) in [5, 5.41) is 3.94. The third-order valence-electron chi connectivity index (χ3n) is 5.33. The van der Waals surface area contributed by atoms with Gasteiger partial charge in [0.05, 0.1) is 0 Å². The van der Waals surface area contributed by atoms with Crippen molar-refractivity contribution in [2.75, 3.05) is 7.05 Å². The number of carbonyl (C=O) groups excluding carboxylic acids is 2. The maximum Gasteiger partial charge on any atom is 0.242 e. The average Bonchev–Trinajstić information content (AvgIpc) is 2.81. The molecule has 166 valence electrons. The topological polar surface area (TPSA) is 49.4 Å². The molecule has 1 atom stereocenters. The lowest BCUT2D eigenvalue weighted by Gasteiger charge is -2.31. The lowest BCUT2D eigenvalue weighted by atomic mass is 10.0. The zero-order valence-corrected chi connectivity index (χ0v) is 19.4. The molecule has 1 N–H and O–H groups in total. The van der Waals surface area contributed by atoms with Gasteiger partial charge in [-0.15, -0.1) is 0 Å². The number of hydrogen-bond donors (Lipinski definition) is 1. The van der Waals surface area contributed by atoms with Gasteiger partial charge >= 0.3 is 0 Å². The Bertz CT molecular complexity index is 1060. The summed E-state index contributed by atoms with van der Waals surface area (Å²) < 4.78 is 0. The van der Waals surface area contributed by atoms with Crippen molar-refractivity contribution < 1.29 is 9.59 Å². The highest BCUT2D eigenvalue weighted by Gasteiger charge is 2.29. The summed E-state index contributed by atoms with van der Waals surface area (Å²) in [6.45, 7) is 0.285. The normalized spacial score (nSPS) is 11.6. The van der Waals surface area contributed by atoms with Crippen LogP contribution in [0.15, 0.2) is 78.9 Å². The van der Waals surface area contributed by atoms with E-state index in [1.54, 1.807) is 18.0 Å². The van der Waals surface area contributed by atoms with Crippen molar-refractivity contribution in [1.29, 1.82) is 0 Å². The molecule has 0 aliphatic heterocycles. The lowest BCUT2D eigenvalue weighted by molar-refractivity contribution is -0.141. The van der Waals surface area contributed by atoms with E-state index in [4.69, 9.17) is 23.2 Å². The molecule has 0 heterocycles. The molecule has 3 aromatic carbocycles. The number of hydrogen-bond acceptors (Lipinski definition) is 2. The highest BCUT2D eigenvalue weighted by molar-refractivity contribution is 6.31. The summed E-state index contributed by atoms with van der Waals surface area (Å²) in [5.41, 5.74) is 2.76. The largest absolute Gasteiger partial charge is 0.357 e. The number of nitrogens with one attached hydrogen (secondary N) is 1. The van der Waals surface area contributed by atoms with Crippen LogP contribution in [0.1, 0.15) is 23.1 Å². The van der Waals surface area contributed by atoms with Gasteiger partial charge in [0.15, 0.2) is 0 Å². The summed E-state index contributed by atoms with van der Waals surface area (Å²) >= 11 is 12.4. The van der Waals surface area contributed by atoms with E-state index in [1.165, 1.54) is 0 Å². The van der Waals surface area contributed by atoms with Crippen molar-refractivity contribution >= 4 is 35.0 Å². The number of likely N-dealkylation sites (N-methyl/N-ethyl adjacent to an activating group) is 1. The SMILES string of the molecule is CNC(=O)[C@H](Cc1ccccc1)N(Cc1cccc(Cl)c1)C(=O)CCc1ccccc1Cl. The zero-order chi connectivity index (χ0) is 22.9. The molecule has 0 aliphatic carbocycles. The molecule has 0 aliphatic rings. The molecule has 0 unspecified atom stereocenters. The molecule has 0 bridgehead atoms. The number of amides is 2. The van der Waals surface area contributed by atoms with E-state index in [2.05, 4.69) is 5.32 Å². The molecule has 3 aromatic rings. The molecule has 0 fully saturated rings. The first-order valence-corrected chi connectivity index (χ1v) is 11.3. The summed E-state index contributed by atoms with van der Waals surface area (Å²) in [6.07, 6.45) is 1.15. The monoisotopic (exact) mass is 468 g/mol. The Morgan fingerprint density at radius 3 is 2.28 bits per heavy atom. The summed E-state index contributed by atoms with van der Waals surface area (Å²) in [4.78, 5) is 28.0. The minimum atomic E-state index is -0.653. The summed E-state index contributed by atoms with van der Waals surface area (Å²) in [7, 11) is 1.59. The fraction of sp³-hybridized carbons (Fsp3) is 0.231. The van der Waals surface area contributed by atoms with Crippen LogP contribution in [0.4, 0.5) is 0 Å². The first-order chi connectivity index (χ1) is 15.5. The van der Waals surface area contributed by atoms with Crippen molar-refractivity contribution in [1.82, 2.24) is 10.2 Å². The van der Waals surface area contributed by atoms with Gasteiger partial charge in [-0.1, -0.05) is 83.9 Å². The Kier molecular flexibility index (Phi) is 8.72. The lowest BCUT2D eigenvalue weighted by Crippen LogP contribution is -2.49. The van der Waals surface area contributed by atoms with Gasteiger partial charge in [0.1, 0.15) is 6.04 Å². The van der Waals surface area contributed by atoms with Gasteiger partial charge < -0.3 is 10.2 Å². The quantitative estimate of drug-likeness (QED) is 0.462. The predicted molar refractivity (Wildman–Crippen MR) is 130 cm³/mol. The van der Waals surface area contributed by atoms with Gasteiger partial charge in [-0.05, 0) is 41.3 Å². The minimum absolute atomic E-state index is 0.116. The van der Waals surface area contributed by atoms with Crippen molar-refractivity contribution in [2.24, 2.45) is 0 Å². The van der Waals surface area contributed by atoms with E-state index >= 15 is 0 Å². The standard InChI is InChI=1S/C26H26Cl2N2O2/c1-29-26(32)24(17-19-8-3-2-4-9-19)30(18-20-10-7-12-22(27)16-20)25(31)15-14-21-11-5-6-13-23(21)28/h2-13,16,24H,14-15,17-18H2,1H3,(H,29,32)/t24-/m0/s1. The highest BCUT2D eigenvalue weighted by atomic mass is 35.5. The maximum absolute atomic E-state index is 13.4. The molecule has 0 saturated carbocycles. The van der Waals surface area contributed by atoms with Crippen LogP contribution in [0.25, 0.3) is 0 Å². The van der Waals surface area contributed by atoms with Crippen LogP contribution in [-0.2, 0) is 29.0 Å². The van der Waals surface area contributed by atoms with Gasteiger partial charge in [-0.3, -0.25) is 9.59 Å². The third kappa shape index (κ3) is 6.59. The molecular formula is C26H26Cl2N2O2. The number of rotatable bonds is 9. The van der Waals surface area contributed by atoms with Crippen LogP contribution in [0, 0.1) is 0 Å². The average molecular weight is 469 g/mol. The molecule has 3 rings (SSSR count). The van der Waals surface area contributed by atoms with Gasteiger partial charge in [0.2, 0.25) is 11.8 Å².